The van der Waals surface area contributed by atoms with E-state index in [1.54, 1.807) is 0 Å². The zero-order valence-electron chi connectivity index (χ0n) is 11.4. The van der Waals surface area contributed by atoms with E-state index in [2.05, 4.69) is 55.0 Å². The summed E-state index contributed by atoms with van der Waals surface area (Å²) in [5, 5.41) is 9.08. The van der Waals surface area contributed by atoms with E-state index in [0.29, 0.717) is 5.82 Å². The van der Waals surface area contributed by atoms with Crippen LogP contribution in [0, 0.1) is 6.92 Å². The molecule has 0 aliphatic rings. The standard InChI is InChI=1S/C15H20N2O/c1-10-14(17-13(9-18)16-10)11-5-7-12(8-6-11)15(2,3)4/h5-8,18H,9H2,1-4H3,(H,16,17). The minimum atomic E-state index is -0.0546. The summed E-state index contributed by atoms with van der Waals surface area (Å²) in [6.07, 6.45) is 0. The van der Waals surface area contributed by atoms with Gasteiger partial charge in [-0.25, -0.2) is 4.98 Å². The Morgan fingerprint density at radius 3 is 2.22 bits per heavy atom. The van der Waals surface area contributed by atoms with E-state index in [4.69, 9.17) is 5.11 Å². The second-order valence-electron chi connectivity index (χ2n) is 5.64. The van der Waals surface area contributed by atoms with E-state index >= 15 is 0 Å². The molecule has 2 N–H and O–H groups in total. The van der Waals surface area contributed by atoms with Crippen molar-refractivity contribution in [3.63, 3.8) is 0 Å². The Labute approximate surface area is 108 Å². The highest BCUT2D eigenvalue weighted by atomic mass is 16.3. The SMILES string of the molecule is Cc1[nH]c(CO)nc1-c1ccc(C(C)(C)C)cc1. The Balaban J connectivity index is 2.37. The second-order valence-corrected chi connectivity index (χ2v) is 5.64. The first kappa shape index (κ1) is 12.8. The normalized spacial score (nSPS) is 11.8. The summed E-state index contributed by atoms with van der Waals surface area (Å²) in [5.74, 6) is 0.613. The number of aromatic nitrogens is 2. The van der Waals surface area contributed by atoms with Gasteiger partial charge in [0.2, 0.25) is 0 Å². The largest absolute Gasteiger partial charge is 0.388 e. The summed E-state index contributed by atoms with van der Waals surface area (Å²) >= 11 is 0. The van der Waals surface area contributed by atoms with Crippen LogP contribution in [0.4, 0.5) is 0 Å². The summed E-state index contributed by atoms with van der Waals surface area (Å²) in [6.45, 7) is 8.52. The maximum atomic E-state index is 9.08. The van der Waals surface area contributed by atoms with Crippen LogP contribution in [-0.4, -0.2) is 15.1 Å². The van der Waals surface area contributed by atoms with Crippen molar-refractivity contribution in [2.45, 2.75) is 39.7 Å². The van der Waals surface area contributed by atoms with Gasteiger partial charge in [0.15, 0.2) is 0 Å². The molecule has 1 aromatic carbocycles. The molecule has 3 nitrogen and oxygen atoms in total. The fourth-order valence-electron chi connectivity index (χ4n) is 2.01. The van der Waals surface area contributed by atoms with Gasteiger partial charge < -0.3 is 10.1 Å². The zero-order valence-corrected chi connectivity index (χ0v) is 11.4. The summed E-state index contributed by atoms with van der Waals surface area (Å²) in [7, 11) is 0. The number of rotatable bonds is 2. The van der Waals surface area contributed by atoms with Crippen LogP contribution in [-0.2, 0) is 12.0 Å². The van der Waals surface area contributed by atoms with Crippen molar-refractivity contribution in [3.8, 4) is 11.3 Å². The summed E-state index contributed by atoms with van der Waals surface area (Å²) in [4.78, 5) is 7.46. The molecule has 0 saturated carbocycles. The molecule has 2 aromatic rings. The third-order valence-electron chi connectivity index (χ3n) is 3.11. The van der Waals surface area contributed by atoms with E-state index < -0.39 is 0 Å². The number of hydrogen-bond donors (Lipinski definition) is 2. The molecule has 0 unspecified atom stereocenters. The number of H-pyrrole nitrogens is 1. The van der Waals surface area contributed by atoms with E-state index in [-0.39, 0.29) is 12.0 Å². The number of aryl methyl sites for hydroxylation is 1. The number of imidazole rings is 1. The molecule has 0 fully saturated rings. The topological polar surface area (TPSA) is 48.9 Å². The first-order chi connectivity index (χ1) is 8.41. The van der Waals surface area contributed by atoms with Gasteiger partial charge in [0.05, 0.1) is 5.69 Å². The molecule has 0 aliphatic heterocycles. The molecule has 0 radical (unpaired) electrons. The maximum Gasteiger partial charge on any atom is 0.132 e. The Bertz CT molecular complexity index is 533. The van der Waals surface area contributed by atoms with Crippen molar-refractivity contribution in [2.24, 2.45) is 0 Å². The maximum absolute atomic E-state index is 9.08. The second kappa shape index (κ2) is 4.58. The van der Waals surface area contributed by atoms with Crippen molar-refractivity contribution in [1.29, 1.82) is 0 Å². The predicted octanol–water partition coefficient (Wildman–Crippen LogP) is 3.17. The highest BCUT2D eigenvalue weighted by Gasteiger charge is 2.14. The molecule has 2 rings (SSSR count). The van der Waals surface area contributed by atoms with Gasteiger partial charge in [0.1, 0.15) is 12.4 Å². The lowest BCUT2D eigenvalue weighted by molar-refractivity contribution is 0.272. The smallest absolute Gasteiger partial charge is 0.132 e. The first-order valence-electron chi connectivity index (χ1n) is 6.19. The lowest BCUT2D eigenvalue weighted by atomic mass is 9.86. The van der Waals surface area contributed by atoms with Gasteiger partial charge in [-0.05, 0) is 17.9 Å². The van der Waals surface area contributed by atoms with E-state index in [0.717, 1.165) is 17.0 Å². The van der Waals surface area contributed by atoms with Gasteiger partial charge in [0.25, 0.3) is 0 Å². The van der Waals surface area contributed by atoms with Crippen LogP contribution in [0.3, 0.4) is 0 Å². The molecule has 0 amide bonds. The van der Waals surface area contributed by atoms with Gasteiger partial charge in [-0.2, -0.15) is 0 Å². The fraction of sp³-hybridized carbons (Fsp3) is 0.400. The third kappa shape index (κ3) is 2.46. The molecule has 1 heterocycles. The van der Waals surface area contributed by atoms with Crippen molar-refractivity contribution < 1.29 is 5.11 Å². The Morgan fingerprint density at radius 2 is 1.78 bits per heavy atom. The quantitative estimate of drug-likeness (QED) is 0.852. The van der Waals surface area contributed by atoms with Crippen molar-refractivity contribution in [2.75, 3.05) is 0 Å². The van der Waals surface area contributed by atoms with Crippen LogP contribution in [0.1, 0.15) is 37.9 Å². The van der Waals surface area contributed by atoms with Crippen LogP contribution < -0.4 is 0 Å². The van der Waals surface area contributed by atoms with Crippen molar-refractivity contribution in [1.82, 2.24) is 9.97 Å². The number of nitrogens with zero attached hydrogens (tertiary/aromatic N) is 1. The Kier molecular flexibility index (Phi) is 3.26. The van der Waals surface area contributed by atoms with E-state index in [9.17, 15) is 0 Å². The molecule has 0 aliphatic carbocycles. The van der Waals surface area contributed by atoms with Crippen molar-refractivity contribution in [3.05, 3.63) is 41.3 Å². The molecule has 0 atom stereocenters. The molecule has 0 bridgehead atoms. The Morgan fingerprint density at radius 1 is 1.17 bits per heavy atom. The third-order valence-corrected chi connectivity index (χ3v) is 3.11. The average Bonchev–Trinajstić information content (AvgIpc) is 2.70. The lowest BCUT2D eigenvalue weighted by Crippen LogP contribution is -2.10. The summed E-state index contributed by atoms with van der Waals surface area (Å²) in [5.41, 5.74) is 4.45. The number of benzene rings is 1. The molecule has 0 saturated heterocycles. The molecular weight excluding hydrogens is 224 g/mol. The van der Waals surface area contributed by atoms with Crippen LogP contribution in [0.5, 0.6) is 0 Å². The molecular formula is C15H20N2O. The Hall–Kier alpha value is -1.61. The lowest BCUT2D eigenvalue weighted by Gasteiger charge is -2.19. The molecule has 3 heteroatoms. The molecule has 0 spiro atoms. The first-order valence-corrected chi connectivity index (χ1v) is 6.19. The number of aliphatic hydroxyl groups excluding tert-OH is 1. The number of aliphatic hydroxyl groups is 1. The van der Waals surface area contributed by atoms with Crippen LogP contribution >= 0.6 is 0 Å². The molecule has 18 heavy (non-hydrogen) atoms. The van der Waals surface area contributed by atoms with Gasteiger partial charge in [-0.3, -0.25) is 0 Å². The number of nitrogens with one attached hydrogen (secondary N) is 1. The van der Waals surface area contributed by atoms with Crippen molar-refractivity contribution >= 4 is 0 Å². The summed E-state index contributed by atoms with van der Waals surface area (Å²) in [6, 6.07) is 8.46. The van der Waals surface area contributed by atoms with Gasteiger partial charge in [-0.15, -0.1) is 0 Å². The number of hydrogen-bond acceptors (Lipinski definition) is 2. The fourth-order valence-corrected chi connectivity index (χ4v) is 2.01. The predicted molar refractivity (Wildman–Crippen MR) is 73.4 cm³/mol. The van der Waals surface area contributed by atoms with Crippen LogP contribution in [0.2, 0.25) is 0 Å². The minimum absolute atomic E-state index is 0.0546. The van der Waals surface area contributed by atoms with Crippen LogP contribution in [0.15, 0.2) is 24.3 Å². The average molecular weight is 244 g/mol. The van der Waals surface area contributed by atoms with E-state index in [1.165, 1.54) is 5.56 Å². The van der Waals surface area contributed by atoms with E-state index in [1.807, 2.05) is 6.92 Å². The summed E-state index contributed by atoms with van der Waals surface area (Å²) < 4.78 is 0. The van der Waals surface area contributed by atoms with Gasteiger partial charge >= 0.3 is 0 Å². The van der Waals surface area contributed by atoms with Gasteiger partial charge in [-0.1, -0.05) is 45.0 Å². The molecule has 1 aromatic heterocycles. The minimum Gasteiger partial charge on any atom is -0.388 e. The van der Waals surface area contributed by atoms with Gasteiger partial charge in [0, 0.05) is 11.3 Å². The van der Waals surface area contributed by atoms with Crippen LogP contribution in [0.25, 0.3) is 11.3 Å². The highest BCUT2D eigenvalue weighted by molar-refractivity contribution is 5.62. The number of aromatic amines is 1. The zero-order chi connectivity index (χ0) is 13.3. The highest BCUT2D eigenvalue weighted by Crippen LogP contribution is 2.26. The monoisotopic (exact) mass is 244 g/mol. The molecule has 96 valence electrons.